The van der Waals surface area contributed by atoms with Gasteiger partial charge >= 0.3 is 0 Å². The Bertz CT molecular complexity index is 754. The molecule has 0 radical (unpaired) electrons. The van der Waals surface area contributed by atoms with Crippen molar-refractivity contribution in [1.82, 2.24) is 15.3 Å². The molecule has 1 amide bonds. The van der Waals surface area contributed by atoms with Gasteiger partial charge in [-0.2, -0.15) is 0 Å². The number of aromatic amines is 1. The maximum Gasteiger partial charge on any atom is 0.263 e. The third-order valence-electron chi connectivity index (χ3n) is 3.06. The number of aromatic nitrogens is 2. The molecule has 7 heteroatoms. The first-order valence-electron chi connectivity index (χ1n) is 6.36. The van der Waals surface area contributed by atoms with Crippen molar-refractivity contribution in [1.29, 1.82) is 0 Å². The fourth-order valence-corrected chi connectivity index (χ4v) is 1.97. The van der Waals surface area contributed by atoms with Crippen LogP contribution in [0.15, 0.2) is 29.2 Å². The van der Waals surface area contributed by atoms with E-state index in [2.05, 4.69) is 15.3 Å². The zero-order valence-corrected chi connectivity index (χ0v) is 11.3. The molecule has 1 aromatic heterocycles. The number of H-pyrrole nitrogens is 1. The summed E-state index contributed by atoms with van der Waals surface area (Å²) in [6, 6.07) is 5.40. The topological polar surface area (TPSA) is 93.3 Å². The Kier molecular flexibility index (Phi) is 3.31. The van der Waals surface area contributed by atoms with Crippen molar-refractivity contribution in [3.8, 4) is 11.5 Å². The van der Waals surface area contributed by atoms with Gasteiger partial charge in [-0.25, -0.2) is 4.98 Å². The van der Waals surface area contributed by atoms with Crippen LogP contribution in [0.1, 0.15) is 21.7 Å². The van der Waals surface area contributed by atoms with E-state index in [4.69, 9.17) is 9.47 Å². The summed E-state index contributed by atoms with van der Waals surface area (Å²) in [6.45, 7) is 2.13. The number of ether oxygens (including phenoxy) is 2. The first kappa shape index (κ1) is 13.2. The van der Waals surface area contributed by atoms with Crippen molar-refractivity contribution in [2.75, 3.05) is 6.79 Å². The lowest BCUT2D eigenvalue weighted by molar-refractivity contribution is 0.0949. The molecule has 2 heterocycles. The molecule has 1 aromatic carbocycles. The molecule has 7 nitrogen and oxygen atoms in total. The van der Waals surface area contributed by atoms with E-state index in [9.17, 15) is 9.59 Å². The second kappa shape index (κ2) is 5.28. The predicted octanol–water partition coefficient (Wildman–Crippen LogP) is 0.737. The molecule has 3 rings (SSSR count). The quantitative estimate of drug-likeness (QED) is 0.868. The highest BCUT2D eigenvalue weighted by Gasteiger charge is 2.14. The van der Waals surface area contributed by atoms with Gasteiger partial charge in [-0.1, -0.05) is 6.07 Å². The SMILES string of the molecule is Cc1ncc(C(=O)NCc2ccc3c(c2)OCO3)c(=O)[nH]1. The molecule has 21 heavy (non-hydrogen) atoms. The number of benzene rings is 1. The lowest BCUT2D eigenvalue weighted by atomic mass is 10.2. The molecular formula is C14H13N3O4. The summed E-state index contributed by atoms with van der Waals surface area (Å²) < 4.78 is 10.5. The minimum absolute atomic E-state index is 0.0126. The molecule has 2 aromatic rings. The van der Waals surface area contributed by atoms with Gasteiger partial charge in [-0.15, -0.1) is 0 Å². The number of fused-ring (bicyclic) bond motifs is 1. The first-order valence-corrected chi connectivity index (χ1v) is 6.36. The van der Waals surface area contributed by atoms with Crippen LogP contribution in [0.5, 0.6) is 11.5 Å². The van der Waals surface area contributed by atoms with Crippen LogP contribution in [0.3, 0.4) is 0 Å². The maximum atomic E-state index is 12.0. The molecule has 0 atom stereocenters. The highest BCUT2D eigenvalue weighted by Crippen LogP contribution is 2.32. The molecule has 2 N–H and O–H groups in total. The minimum atomic E-state index is -0.471. The van der Waals surface area contributed by atoms with Crippen molar-refractivity contribution in [3.05, 3.63) is 51.7 Å². The molecular weight excluding hydrogens is 274 g/mol. The smallest absolute Gasteiger partial charge is 0.263 e. The van der Waals surface area contributed by atoms with Gasteiger partial charge < -0.3 is 19.8 Å². The predicted molar refractivity (Wildman–Crippen MR) is 73.3 cm³/mol. The van der Waals surface area contributed by atoms with E-state index < -0.39 is 11.5 Å². The Labute approximate surface area is 119 Å². The van der Waals surface area contributed by atoms with Gasteiger partial charge in [0.25, 0.3) is 11.5 Å². The van der Waals surface area contributed by atoms with Gasteiger partial charge in [0.1, 0.15) is 11.4 Å². The molecule has 0 saturated heterocycles. The van der Waals surface area contributed by atoms with Gasteiger partial charge in [-0.3, -0.25) is 9.59 Å². The van der Waals surface area contributed by atoms with E-state index >= 15 is 0 Å². The molecule has 108 valence electrons. The molecule has 0 aliphatic carbocycles. The van der Waals surface area contributed by atoms with E-state index in [1.165, 1.54) is 6.20 Å². The highest BCUT2D eigenvalue weighted by molar-refractivity contribution is 5.93. The van der Waals surface area contributed by atoms with Crippen LogP contribution >= 0.6 is 0 Å². The van der Waals surface area contributed by atoms with E-state index in [1.54, 1.807) is 19.1 Å². The fourth-order valence-electron chi connectivity index (χ4n) is 1.97. The molecule has 0 fully saturated rings. The summed E-state index contributed by atoms with van der Waals surface area (Å²) >= 11 is 0. The monoisotopic (exact) mass is 287 g/mol. The largest absolute Gasteiger partial charge is 0.454 e. The zero-order valence-electron chi connectivity index (χ0n) is 11.3. The standard InChI is InChI=1S/C14H13N3O4/c1-8-15-6-10(14(19)17-8)13(18)16-5-9-2-3-11-12(4-9)21-7-20-11/h2-4,6H,5,7H2,1H3,(H,16,18)(H,15,17,19). The Morgan fingerprint density at radius 3 is 3.00 bits per heavy atom. The van der Waals surface area contributed by atoms with Gasteiger partial charge in [0.05, 0.1) is 0 Å². The molecule has 1 aliphatic heterocycles. The number of nitrogens with one attached hydrogen (secondary N) is 2. The zero-order chi connectivity index (χ0) is 14.8. The fraction of sp³-hybridized carbons (Fsp3) is 0.214. The Hall–Kier alpha value is -2.83. The molecule has 0 saturated carbocycles. The minimum Gasteiger partial charge on any atom is -0.454 e. The summed E-state index contributed by atoms with van der Waals surface area (Å²) in [5.74, 6) is 1.33. The Morgan fingerprint density at radius 1 is 1.38 bits per heavy atom. The highest BCUT2D eigenvalue weighted by atomic mass is 16.7. The molecule has 1 aliphatic rings. The van der Waals surface area contributed by atoms with Crippen LogP contribution in [0, 0.1) is 6.92 Å². The summed E-state index contributed by atoms with van der Waals surface area (Å²) in [7, 11) is 0. The lowest BCUT2D eigenvalue weighted by Gasteiger charge is -2.06. The average Bonchev–Trinajstić information content (AvgIpc) is 2.92. The van der Waals surface area contributed by atoms with E-state index in [0.29, 0.717) is 17.3 Å². The van der Waals surface area contributed by atoms with Crippen molar-refractivity contribution in [2.45, 2.75) is 13.5 Å². The number of aryl methyl sites for hydroxylation is 1. The lowest BCUT2D eigenvalue weighted by Crippen LogP contribution is -2.29. The van der Waals surface area contributed by atoms with Crippen LogP contribution < -0.4 is 20.3 Å². The normalized spacial score (nSPS) is 12.2. The van der Waals surface area contributed by atoms with Crippen LogP contribution in [0.2, 0.25) is 0 Å². The molecule has 0 bridgehead atoms. The van der Waals surface area contributed by atoms with E-state index in [0.717, 1.165) is 5.56 Å². The summed E-state index contributed by atoms with van der Waals surface area (Å²) in [5, 5.41) is 2.67. The van der Waals surface area contributed by atoms with Crippen LogP contribution in [-0.4, -0.2) is 22.7 Å². The summed E-state index contributed by atoms with van der Waals surface area (Å²) in [4.78, 5) is 30.0. The van der Waals surface area contributed by atoms with Crippen LogP contribution in [0.4, 0.5) is 0 Å². The van der Waals surface area contributed by atoms with Gasteiger partial charge in [-0.05, 0) is 24.6 Å². The maximum absolute atomic E-state index is 12.0. The number of nitrogens with zero attached hydrogens (tertiary/aromatic N) is 1. The summed E-state index contributed by atoms with van der Waals surface area (Å²) in [5.41, 5.74) is 0.385. The van der Waals surface area contributed by atoms with Gasteiger partial charge in [0.2, 0.25) is 6.79 Å². The average molecular weight is 287 g/mol. The third kappa shape index (κ3) is 2.71. The van der Waals surface area contributed by atoms with E-state index in [-0.39, 0.29) is 18.9 Å². The number of amides is 1. The molecule has 0 spiro atoms. The number of rotatable bonds is 3. The van der Waals surface area contributed by atoms with Crippen molar-refractivity contribution >= 4 is 5.91 Å². The number of carbonyl (C=O) groups is 1. The number of hydrogen-bond donors (Lipinski definition) is 2. The second-order valence-electron chi connectivity index (χ2n) is 4.58. The summed E-state index contributed by atoms with van der Waals surface area (Å²) in [6.07, 6.45) is 1.27. The number of hydrogen-bond acceptors (Lipinski definition) is 5. The first-order chi connectivity index (χ1) is 10.1. The van der Waals surface area contributed by atoms with Crippen molar-refractivity contribution in [3.63, 3.8) is 0 Å². The van der Waals surface area contributed by atoms with Crippen LogP contribution in [-0.2, 0) is 6.54 Å². The van der Waals surface area contributed by atoms with E-state index in [1.807, 2.05) is 6.07 Å². The molecule has 0 unspecified atom stereocenters. The van der Waals surface area contributed by atoms with Crippen LogP contribution in [0.25, 0.3) is 0 Å². The van der Waals surface area contributed by atoms with Gasteiger partial charge in [0, 0.05) is 12.7 Å². The van der Waals surface area contributed by atoms with Crippen molar-refractivity contribution < 1.29 is 14.3 Å². The third-order valence-corrected chi connectivity index (χ3v) is 3.06. The number of carbonyl (C=O) groups excluding carboxylic acids is 1. The van der Waals surface area contributed by atoms with Gasteiger partial charge in [0.15, 0.2) is 11.5 Å². The Morgan fingerprint density at radius 2 is 2.19 bits per heavy atom. The second-order valence-corrected chi connectivity index (χ2v) is 4.58. The Balaban J connectivity index is 1.70. The van der Waals surface area contributed by atoms with Crippen molar-refractivity contribution in [2.24, 2.45) is 0 Å².